The first-order valence-electron chi connectivity index (χ1n) is 2.46. The first kappa shape index (κ1) is 5.90. The van der Waals surface area contributed by atoms with Crippen LogP contribution in [0.4, 0.5) is 0 Å². The van der Waals surface area contributed by atoms with Crippen molar-refractivity contribution in [1.82, 2.24) is 9.78 Å². The van der Waals surface area contributed by atoms with Crippen molar-refractivity contribution in [1.29, 1.82) is 0 Å². The van der Waals surface area contributed by atoms with Crippen molar-refractivity contribution in [2.24, 2.45) is 7.05 Å². The predicted molar refractivity (Wildman–Crippen MR) is 36.1 cm³/mol. The van der Waals surface area contributed by atoms with Crippen molar-refractivity contribution < 1.29 is 0 Å². The van der Waals surface area contributed by atoms with Crippen LogP contribution in [0.25, 0.3) is 0 Å². The summed E-state index contributed by atoms with van der Waals surface area (Å²) in [6.07, 6.45) is 0. The molecule has 1 heterocycles. The zero-order valence-corrected chi connectivity index (χ0v) is 7.47. The van der Waals surface area contributed by atoms with Crippen LogP contribution in [0, 0.1) is 6.92 Å². The van der Waals surface area contributed by atoms with E-state index in [1.54, 1.807) is 16.9 Å². The molecule has 0 fully saturated rings. The molecule has 44 valence electrons. The van der Waals surface area contributed by atoms with Gasteiger partial charge in [0.05, 0.1) is 0 Å². The molecule has 1 unspecified atom stereocenters. The molecular weight excluding hydrogens is 163 g/mol. The van der Waals surface area contributed by atoms with E-state index in [-0.39, 0.29) is 0 Å². The third-order valence-electron chi connectivity index (χ3n) is 1.04. The number of aromatic nitrogens is 2. The SMILES string of the molecule is Cc1cc([AsH2])n(C)n1. The molecule has 0 aromatic carbocycles. The molecule has 3 heteroatoms. The molecule has 0 aliphatic carbocycles. The summed E-state index contributed by atoms with van der Waals surface area (Å²) in [5.41, 5.74) is 1.10. The monoisotopic (exact) mass is 172 g/mol. The second kappa shape index (κ2) is 1.94. The Morgan fingerprint density at radius 3 is 2.50 bits per heavy atom. The average Bonchev–Trinajstić information content (AvgIpc) is 1.85. The molecule has 1 rings (SSSR count). The molecule has 1 atom stereocenters. The van der Waals surface area contributed by atoms with Crippen molar-refractivity contribution >= 4 is 21.3 Å². The fourth-order valence-electron chi connectivity index (χ4n) is 0.631. The van der Waals surface area contributed by atoms with Crippen molar-refractivity contribution in [2.75, 3.05) is 0 Å². The average molecular weight is 172 g/mol. The summed E-state index contributed by atoms with van der Waals surface area (Å²) in [7, 11) is 1.96. The maximum absolute atomic E-state index is 4.14. The third kappa shape index (κ3) is 0.947. The summed E-state index contributed by atoms with van der Waals surface area (Å²) in [6.45, 7) is 2.00. The minimum absolute atomic E-state index is 1.10. The van der Waals surface area contributed by atoms with Crippen molar-refractivity contribution in [3.05, 3.63) is 11.8 Å². The molecule has 0 N–H and O–H groups in total. The van der Waals surface area contributed by atoms with E-state index < -0.39 is 0 Å². The van der Waals surface area contributed by atoms with Gasteiger partial charge >= 0.3 is 56.8 Å². The second-order valence-electron chi connectivity index (χ2n) is 1.83. The Kier molecular flexibility index (Phi) is 1.43. The van der Waals surface area contributed by atoms with E-state index in [4.69, 9.17) is 0 Å². The van der Waals surface area contributed by atoms with E-state index in [1.807, 2.05) is 18.7 Å². The van der Waals surface area contributed by atoms with Gasteiger partial charge in [0.25, 0.3) is 0 Å². The Balaban J connectivity index is 3.14. The van der Waals surface area contributed by atoms with Crippen LogP contribution < -0.4 is 4.48 Å². The summed E-state index contributed by atoms with van der Waals surface area (Å²) in [6, 6.07) is 2.08. The fraction of sp³-hybridized carbons (Fsp3) is 0.400. The van der Waals surface area contributed by atoms with Gasteiger partial charge in [0.2, 0.25) is 0 Å². The molecule has 0 saturated heterocycles. The van der Waals surface area contributed by atoms with Gasteiger partial charge in [-0.1, -0.05) is 0 Å². The first-order chi connectivity index (χ1) is 3.70. The molecule has 1 aromatic rings. The normalized spacial score (nSPS) is 9.88. The Morgan fingerprint density at radius 2 is 2.38 bits per heavy atom. The van der Waals surface area contributed by atoms with Gasteiger partial charge in [0.15, 0.2) is 0 Å². The molecular formula is C5H9AsN2. The summed E-state index contributed by atoms with van der Waals surface area (Å²) in [5, 5.41) is 4.14. The quantitative estimate of drug-likeness (QED) is 0.458. The Labute approximate surface area is 57.4 Å². The van der Waals surface area contributed by atoms with Gasteiger partial charge in [-0.25, -0.2) is 0 Å². The molecule has 0 amide bonds. The van der Waals surface area contributed by atoms with E-state index >= 15 is 0 Å². The Morgan fingerprint density at radius 1 is 1.75 bits per heavy atom. The third-order valence-corrected chi connectivity index (χ3v) is 2.17. The second-order valence-corrected chi connectivity index (χ2v) is 3.08. The van der Waals surface area contributed by atoms with Crippen LogP contribution in [0.3, 0.4) is 0 Å². The van der Waals surface area contributed by atoms with E-state index in [0.717, 1.165) is 5.69 Å². The first-order valence-corrected chi connectivity index (χ1v) is 3.67. The van der Waals surface area contributed by atoms with E-state index in [1.165, 1.54) is 4.48 Å². The van der Waals surface area contributed by atoms with Gasteiger partial charge in [0.1, 0.15) is 0 Å². The number of hydrogen-bond donors (Lipinski definition) is 0. The Bertz CT molecular complexity index is 173. The van der Waals surface area contributed by atoms with E-state index in [9.17, 15) is 0 Å². The van der Waals surface area contributed by atoms with E-state index in [0.29, 0.717) is 0 Å². The molecule has 0 aliphatic heterocycles. The van der Waals surface area contributed by atoms with Crippen molar-refractivity contribution in [3.8, 4) is 0 Å². The molecule has 0 spiro atoms. The van der Waals surface area contributed by atoms with Gasteiger partial charge in [-0.15, -0.1) is 0 Å². The number of hydrogen-bond acceptors (Lipinski definition) is 1. The molecule has 0 radical (unpaired) electrons. The van der Waals surface area contributed by atoms with Crippen molar-refractivity contribution in [3.63, 3.8) is 0 Å². The number of rotatable bonds is 0. The van der Waals surface area contributed by atoms with Crippen molar-refractivity contribution in [2.45, 2.75) is 6.92 Å². The Hall–Kier alpha value is -0.232. The number of aryl methyl sites for hydroxylation is 2. The van der Waals surface area contributed by atoms with Gasteiger partial charge in [-0.2, -0.15) is 0 Å². The van der Waals surface area contributed by atoms with Crippen LogP contribution in [0.1, 0.15) is 5.69 Å². The van der Waals surface area contributed by atoms with Crippen LogP contribution in [-0.4, -0.2) is 26.6 Å². The summed E-state index contributed by atoms with van der Waals surface area (Å²) in [4.78, 5) is 0. The van der Waals surface area contributed by atoms with Gasteiger partial charge in [-0.05, 0) is 0 Å². The standard InChI is InChI=1S/C5H9AsN2/c1-4-3-5(6)8(2)7-4/h3H,6H2,1-2H3. The summed E-state index contributed by atoms with van der Waals surface area (Å²) >= 11 is 1.62. The number of nitrogens with zero attached hydrogens (tertiary/aromatic N) is 2. The van der Waals surface area contributed by atoms with Crippen LogP contribution >= 0.6 is 0 Å². The summed E-state index contributed by atoms with van der Waals surface area (Å²) in [5.74, 6) is 0. The topological polar surface area (TPSA) is 17.8 Å². The zero-order valence-electron chi connectivity index (χ0n) is 5.05. The van der Waals surface area contributed by atoms with Gasteiger partial charge in [0, 0.05) is 0 Å². The fourth-order valence-corrected chi connectivity index (χ4v) is 1.26. The summed E-state index contributed by atoms with van der Waals surface area (Å²) < 4.78 is 3.17. The molecule has 0 bridgehead atoms. The maximum atomic E-state index is 4.14. The van der Waals surface area contributed by atoms with Crippen LogP contribution in [0.15, 0.2) is 6.07 Å². The molecule has 0 aliphatic rings. The van der Waals surface area contributed by atoms with Crippen LogP contribution in [0.2, 0.25) is 0 Å². The molecule has 0 saturated carbocycles. The molecule has 1 aromatic heterocycles. The minimum atomic E-state index is 1.10. The zero-order chi connectivity index (χ0) is 6.15. The van der Waals surface area contributed by atoms with Crippen LogP contribution in [0.5, 0.6) is 0 Å². The van der Waals surface area contributed by atoms with E-state index in [2.05, 4.69) is 11.2 Å². The molecule has 8 heavy (non-hydrogen) atoms. The van der Waals surface area contributed by atoms with Gasteiger partial charge in [-0.3, -0.25) is 0 Å². The predicted octanol–water partition coefficient (Wildman–Crippen LogP) is -1.01. The van der Waals surface area contributed by atoms with Crippen LogP contribution in [-0.2, 0) is 7.05 Å². The van der Waals surface area contributed by atoms with Gasteiger partial charge < -0.3 is 0 Å². The molecule has 2 nitrogen and oxygen atoms in total.